The highest BCUT2D eigenvalue weighted by Crippen LogP contribution is 2.44. The lowest BCUT2D eigenvalue weighted by Crippen LogP contribution is -2.44. The van der Waals surface area contributed by atoms with Crippen LogP contribution in [0, 0.1) is 17.8 Å². The number of likely N-dealkylation sites (tertiary alicyclic amines) is 1. The second-order valence-corrected chi connectivity index (χ2v) is 9.73. The first-order valence-corrected chi connectivity index (χ1v) is 12.7. The van der Waals surface area contributed by atoms with Crippen molar-refractivity contribution in [1.82, 2.24) is 19.7 Å². The van der Waals surface area contributed by atoms with Crippen molar-refractivity contribution in [1.29, 1.82) is 0 Å². The van der Waals surface area contributed by atoms with E-state index in [9.17, 15) is 0 Å². The van der Waals surface area contributed by atoms with Gasteiger partial charge in [-0.2, -0.15) is 5.10 Å². The molecule has 5 nitrogen and oxygen atoms in total. The fourth-order valence-corrected chi connectivity index (χ4v) is 6.17. The Labute approximate surface area is 205 Å². The van der Waals surface area contributed by atoms with Gasteiger partial charge in [-0.3, -0.25) is 0 Å². The minimum atomic E-state index is 0. The number of allylic oxidation sites excluding steroid dienone is 1. The predicted molar refractivity (Wildman–Crippen MR) is 141 cm³/mol. The van der Waals surface area contributed by atoms with Gasteiger partial charge < -0.3 is 10.6 Å². The number of thiocarbonyl (C=S) groups is 1. The van der Waals surface area contributed by atoms with Crippen molar-refractivity contribution in [2.45, 2.75) is 72.8 Å². The van der Waals surface area contributed by atoms with Crippen molar-refractivity contribution in [2.75, 3.05) is 13.1 Å². The minimum Gasteiger partial charge on any atom is -0.402 e. The smallest absolute Gasteiger partial charge is 0.151 e. The molecule has 0 amide bonds. The maximum absolute atomic E-state index is 5.84. The van der Waals surface area contributed by atoms with Crippen LogP contribution in [0.2, 0.25) is 0 Å². The molecule has 1 saturated heterocycles. The first-order chi connectivity index (χ1) is 15.6. The Bertz CT molecular complexity index is 933. The molecule has 0 radical (unpaired) electrons. The number of aromatic nitrogens is 3. The molecular formula is C27H41N5S. The van der Waals surface area contributed by atoms with E-state index in [-0.39, 0.29) is 7.43 Å². The summed E-state index contributed by atoms with van der Waals surface area (Å²) in [6.07, 6.45) is 7.86. The second-order valence-electron chi connectivity index (χ2n) is 9.31. The molecule has 3 aliphatic rings. The van der Waals surface area contributed by atoms with Gasteiger partial charge in [0.1, 0.15) is 10.8 Å². The van der Waals surface area contributed by atoms with E-state index < -0.39 is 0 Å². The van der Waals surface area contributed by atoms with Gasteiger partial charge in [-0.25, -0.2) is 9.67 Å². The maximum Gasteiger partial charge on any atom is 0.151 e. The monoisotopic (exact) mass is 467 g/mol. The van der Waals surface area contributed by atoms with Crippen molar-refractivity contribution >= 4 is 17.2 Å². The summed E-state index contributed by atoms with van der Waals surface area (Å²) < 4.78 is 2.18. The van der Waals surface area contributed by atoms with Crippen LogP contribution in [-0.2, 0) is 13.0 Å². The standard InChI is InChI=1S/C24H31N5S.C2H6.CH4/c1-16(25)12-23(30)28-14-18-9-10-19(15-28)21(18)13-22-26-24-20(8-5-11-29(24)27-22)17-6-3-2-4-7-17;1-2;/h2-4,6-7,12,18-21H,5,8-11,13-15,25H2,1H3;1-2H3;1H4/t18-,19+,20?,21?;;. The molecule has 180 valence electrons. The van der Waals surface area contributed by atoms with E-state index in [4.69, 9.17) is 28.0 Å². The number of piperidine rings is 1. The van der Waals surface area contributed by atoms with Gasteiger partial charge in [0, 0.05) is 37.7 Å². The Balaban J connectivity index is 0.000000994. The maximum atomic E-state index is 5.84. The van der Waals surface area contributed by atoms with Crippen molar-refractivity contribution in [3.63, 3.8) is 0 Å². The lowest BCUT2D eigenvalue weighted by molar-refractivity contribution is 0.166. The fraction of sp³-hybridized carbons (Fsp3) is 0.593. The summed E-state index contributed by atoms with van der Waals surface area (Å²) in [6, 6.07) is 10.8. The molecule has 6 heteroatoms. The van der Waals surface area contributed by atoms with Crippen LogP contribution in [0.3, 0.4) is 0 Å². The van der Waals surface area contributed by atoms with E-state index in [0.29, 0.717) is 23.7 Å². The van der Waals surface area contributed by atoms with E-state index in [1.54, 1.807) is 0 Å². The average molecular weight is 468 g/mol. The topological polar surface area (TPSA) is 60.0 Å². The number of hydrogen-bond acceptors (Lipinski definition) is 4. The third-order valence-corrected chi connectivity index (χ3v) is 7.61. The number of benzene rings is 1. The van der Waals surface area contributed by atoms with Crippen molar-refractivity contribution in [2.24, 2.45) is 23.5 Å². The van der Waals surface area contributed by atoms with Crippen molar-refractivity contribution in [3.05, 3.63) is 59.3 Å². The summed E-state index contributed by atoms with van der Waals surface area (Å²) >= 11 is 5.61. The number of aryl methyl sites for hydroxylation is 1. The predicted octanol–water partition coefficient (Wildman–Crippen LogP) is 5.56. The molecule has 2 aromatic rings. The second kappa shape index (κ2) is 11.3. The first kappa shape index (κ1) is 25.4. The van der Waals surface area contributed by atoms with Crippen LogP contribution in [0.5, 0.6) is 0 Å². The molecular weight excluding hydrogens is 426 g/mol. The zero-order chi connectivity index (χ0) is 22.7. The summed E-state index contributed by atoms with van der Waals surface area (Å²) in [7, 11) is 0. The quantitative estimate of drug-likeness (QED) is 0.471. The molecule has 1 aromatic heterocycles. The largest absolute Gasteiger partial charge is 0.402 e. The van der Waals surface area contributed by atoms with Gasteiger partial charge in [0.15, 0.2) is 5.82 Å². The molecule has 2 bridgehead atoms. The van der Waals surface area contributed by atoms with Crippen molar-refractivity contribution in [3.8, 4) is 0 Å². The van der Waals surface area contributed by atoms with Crippen LogP contribution in [0.15, 0.2) is 42.1 Å². The van der Waals surface area contributed by atoms with E-state index in [1.165, 1.54) is 24.8 Å². The Kier molecular flexibility index (Phi) is 8.69. The molecule has 2 unspecified atom stereocenters. The van der Waals surface area contributed by atoms with Gasteiger partial charge in [-0.05, 0) is 62.0 Å². The molecule has 5 rings (SSSR count). The molecule has 3 heterocycles. The van der Waals surface area contributed by atoms with Gasteiger partial charge in [0.25, 0.3) is 0 Å². The molecule has 2 N–H and O–H groups in total. The third kappa shape index (κ3) is 5.48. The molecule has 1 aromatic carbocycles. The molecule has 0 spiro atoms. The van der Waals surface area contributed by atoms with Crippen LogP contribution >= 0.6 is 12.2 Å². The summed E-state index contributed by atoms with van der Waals surface area (Å²) in [6.45, 7) is 8.99. The lowest BCUT2D eigenvalue weighted by atomic mass is 9.82. The highest BCUT2D eigenvalue weighted by atomic mass is 32.1. The Hall–Kier alpha value is -2.21. The molecule has 4 atom stereocenters. The Morgan fingerprint density at radius 1 is 1.12 bits per heavy atom. The van der Waals surface area contributed by atoms with Gasteiger partial charge in [-0.1, -0.05) is 63.8 Å². The first-order valence-electron chi connectivity index (χ1n) is 12.3. The molecule has 2 fully saturated rings. The zero-order valence-corrected chi connectivity index (χ0v) is 20.5. The Morgan fingerprint density at radius 3 is 2.42 bits per heavy atom. The van der Waals surface area contributed by atoms with Crippen molar-refractivity contribution < 1.29 is 0 Å². The number of nitrogens with two attached hydrogens (primary N) is 1. The molecule has 2 aliphatic heterocycles. The van der Waals surface area contributed by atoms with E-state index in [2.05, 4.69) is 39.9 Å². The van der Waals surface area contributed by atoms with Gasteiger partial charge in [-0.15, -0.1) is 0 Å². The normalized spacial score (nSPS) is 26.0. The average Bonchev–Trinajstić information content (AvgIpc) is 3.31. The third-order valence-electron chi connectivity index (χ3n) is 7.23. The number of hydrogen-bond donors (Lipinski definition) is 1. The van der Waals surface area contributed by atoms with E-state index in [0.717, 1.165) is 54.8 Å². The summed E-state index contributed by atoms with van der Waals surface area (Å²) in [5.74, 6) is 4.62. The molecule has 1 saturated carbocycles. The highest BCUT2D eigenvalue weighted by molar-refractivity contribution is 7.80. The Morgan fingerprint density at radius 2 is 1.79 bits per heavy atom. The van der Waals surface area contributed by atoms with Gasteiger partial charge in [0.05, 0.1) is 0 Å². The van der Waals surface area contributed by atoms with Crippen LogP contribution < -0.4 is 5.73 Å². The van der Waals surface area contributed by atoms with E-state index in [1.807, 2.05) is 26.8 Å². The van der Waals surface area contributed by atoms with Gasteiger partial charge in [0.2, 0.25) is 0 Å². The SMILES string of the molecule is C.CC.CC(N)=CC(=S)N1C[C@H]2CC[C@@H](C1)C2Cc1nc2n(n1)CCCC2c1ccccc1. The number of fused-ring (bicyclic) bond motifs is 3. The molecule has 33 heavy (non-hydrogen) atoms. The number of rotatable bonds is 4. The van der Waals surface area contributed by atoms with Crippen LogP contribution in [0.25, 0.3) is 0 Å². The molecule has 1 aliphatic carbocycles. The zero-order valence-electron chi connectivity index (χ0n) is 19.7. The number of nitrogens with zero attached hydrogens (tertiary/aromatic N) is 4. The van der Waals surface area contributed by atoms with Crippen LogP contribution in [-0.4, -0.2) is 37.7 Å². The van der Waals surface area contributed by atoms with Gasteiger partial charge >= 0.3 is 0 Å². The summed E-state index contributed by atoms with van der Waals surface area (Å²) in [5.41, 5.74) is 7.99. The summed E-state index contributed by atoms with van der Waals surface area (Å²) in [5, 5.41) is 4.95. The van der Waals surface area contributed by atoms with Crippen LogP contribution in [0.4, 0.5) is 0 Å². The summed E-state index contributed by atoms with van der Waals surface area (Å²) in [4.78, 5) is 8.34. The van der Waals surface area contributed by atoms with E-state index >= 15 is 0 Å². The van der Waals surface area contributed by atoms with Crippen LogP contribution in [0.1, 0.15) is 77.0 Å². The highest BCUT2D eigenvalue weighted by Gasteiger charge is 2.43. The lowest BCUT2D eigenvalue weighted by Gasteiger charge is -2.38. The minimum absolute atomic E-state index is 0. The fourth-order valence-electron chi connectivity index (χ4n) is 5.83.